The van der Waals surface area contributed by atoms with Gasteiger partial charge in [0.05, 0.1) is 37.7 Å². The van der Waals surface area contributed by atoms with Crippen LogP contribution in [0.1, 0.15) is 16.7 Å². The van der Waals surface area contributed by atoms with Crippen LogP contribution in [-0.2, 0) is 0 Å². The standard InChI is InChI=1S/C19Cl15/c20-5-2(6(21)12(27)17(32)11(5)26)1(3-7(22)13(28)18(33)14(29)8(3)23)4-9(24)15(30)19(34)16(31)10(4)25/q+1. The third kappa shape index (κ3) is 4.97. The molecule has 0 bridgehead atoms. The van der Waals surface area contributed by atoms with Crippen molar-refractivity contribution in [3.63, 3.8) is 0 Å². The molecule has 0 spiro atoms. The molecule has 0 radical (unpaired) electrons. The van der Waals surface area contributed by atoms with Crippen LogP contribution in [0.15, 0.2) is 0 Å². The van der Waals surface area contributed by atoms with Gasteiger partial charge in [-0.2, -0.15) is 0 Å². The molecule has 0 aliphatic rings. The fraction of sp³-hybridized carbons (Fsp3) is 0. The van der Waals surface area contributed by atoms with E-state index in [2.05, 4.69) is 0 Å². The molecule has 15 heteroatoms. The molecule has 180 valence electrons. The number of rotatable bonds is 3. The summed E-state index contributed by atoms with van der Waals surface area (Å²) in [7, 11) is 0. The van der Waals surface area contributed by atoms with Crippen molar-refractivity contribution < 1.29 is 0 Å². The van der Waals surface area contributed by atoms with Gasteiger partial charge in [-0.05, 0) is 69.6 Å². The van der Waals surface area contributed by atoms with E-state index in [4.69, 9.17) is 174 Å². The van der Waals surface area contributed by atoms with E-state index in [1.807, 2.05) is 0 Å². The number of benzene rings is 3. The lowest BCUT2D eigenvalue weighted by molar-refractivity contribution is 1.23. The summed E-state index contributed by atoms with van der Waals surface area (Å²) in [5.74, 6) is -0.0404. The van der Waals surface area contributed by atoms with Gasteiger partial charge in [0, 0.05) is 0 Å². The Morgan fingerprint density at radius 1 is 0.206 bits per heavy atom. The van der Waals surface area contributed by atoms with Gasteiger partial charge in [-0.15, -0.1) is 0 Å². The van der Waals surface area contributed by atoms with Crippen LogP contribution in [0.25, 0.3) is 0 Å². The van der Waals surface area contributed by atoms with E-state index in [0.29, 0.717) is 0 Å². The molecule has 0 unspecified atom stereocenters. The van der Waals surface area contributed by atoms with Crippen LogP contribution < -0.4 is 0 Å². The number of hydrogen-bond acceptors (Lipinski definition) is 0. The van der Waals surface area contributed by atoms with E-state index in [1.165, 1.54) is 0 Å². The van der Waals surface area contributed by atoms with Crippen LogP contribution >= 0.6 is 174 Å². The molecule has 34 heavy (non-hydrogen) atoms. The topological polar surface area (TPSA) is 0 Å². The largest absolute Gasteiger partial charge is 0.116 e. The zero-order chi connectivity index (χ0) is 26.0. The van der Waals surface area contributed by atoms with Gasteiger partial charge in [0.2, 0.25) is 0 Å². The van der Waals surface area contributed by atoms with Gasteiger partial charge in [0.15, 0.2) is 0 Å². The molecule has 0 amide bonds. The average Bonchev–Trinajstić information content (AvgIpc) is 2.81. The van der Waals surface area contributed by atoms with Crippen molar-refractivity contribution in [3.8, 4) is 0 Å². The molecule has 0 atom stereocenters. The van der Waals surface area contributed by atoms with E-state index < -0.39 is 0 Å². The molecule has 0 aromatic heterocycles. The first-order valence-electron chi connectivity index (χ1n) is 8.08. The van der Waals surface area contributed by atoms with Crippen LogP contribution in [0.4, 0.5) is 0 Å². The van der Waals surface area contributed by atoms with Crippen molar-refractivity contribution in [1.29, 1.82) is 0 Å². The van der Waals surface area contributed by atoms with Crippen LogP contribution in [0, 0.1) is 5.92 Å². The van der Waals surface area contributed by atoms with Gasteiger partial charge in [0.25, 0.3) is 0 Å². The first-order chi connectivity index (χ1) is 15.7. The SMILES string of the molecule is Clc1c(Cl)c(Cl)c([C+](c2c(Cl)c(Cl)c(Cl)c(Cl)c2Cl)c2c(Cl)c(Cl)c(Cl)c(Cl)c2Cl)c(Cl)c1Cl. The predicted octanol–water partition coefficient (Wildman–Crippen LogP) is 14.5. The molecule has 3 rings (SSSR count). The van der Waals surface area contributed by atoms with Crippen LogP contribution in [-0.4, -0.2) is 0 Å². The van der Waals surface area contributed by atoms with Crippen molar-refractivity contribution in [3.05, 3.63) is 97.9 Å². The molecule has 0 saturated heterocycles. The van der Waals surface area contributed by atoms with Gasteiger partial charge >= 0.3 is 0 Å². The summed E-state index contributed by atoms with van der Waals surface area (Å²) in [4.78, 5) is 0. The van der Waals surface area contributed by atoms with Crippen molar-refractivity contribution >= 4 is 174 Å². The second kappa shape index (κ2) is 11.5. The lowest BCUT2D eigenvalue weighted by Gasteiger charge is -2.23. The Hall–Kier alpha value is 1.88. The Bertz CT molecular complexity index is 1110. The maximum atomic E-state index is 6.56. The summed E-state index contributed by atoms with van der Waals surface area (Å²) in [6.07, 6.45) is 0. The first-order valence-corrected chi connectivity index (χ1v) is 13.8. The molecule has 0 nitrogen and oxygen atoms in total. The Morgan fingerprint density at radius 3 is 0.471 bits per heavy atom. The van der Waals surface area contributed by atoms with Gasteiger partial charge in [-0.25, -0.2) is 0 Å². The molecule has 0 heterocycles. The van der Waals surface area contributed by atoms with Gasteiger partial charge in [-0.3, -0.25) is 0 Å². The monoisotopic (exact) mass is 753 g/mol. The van der Waals surface area contributed by atoms with Gasteiger partial charge < -0.3 is 0 Å². The van der Waals surface area contributed by atoms with Crippen molar-refractivity contribution in [1.82, 2.24) is 0 Å². The lowest BCUT2D eigenvalue weighted by atomic mass is 9.84. The smallest absolute Gasteiger partial charge is 0.0798 e. The summed E-state index contributed by atoms with van der Waals surface area (Å²) in [6.45, 7) is 0. The Balaban J connectivity index is 2.68. The minimum absolute atomic E-state index is 0.0404. The van der Waals surface area contributed by atoms with E-state index >= 15 is 0 Å². The summed E-state index contributed by atoms with van der Waals surface area (Å²) < 4.78 is 0. The molecular formula is C19Cl15+. The lowest BCUT2D eigenvalue weighted by Crippen LogP contribution is -2.11. The number of hydrogen-bond donors (Lipinski definition) is 0. The highest BCUT2D eigenvalue weighted by Gasteiger charge is 2.42. The highest BCUT2D eigenvalue weighted by molar-refractivity contribution is 6.58. The summed E-state index contributed by atoms with van der Waals surface area (Å²) >= 11 is 95.8. The second-order valence-electron chi connectivity index (χ2n) is 6.21. The maximum absolute atomic E-state index is 6.56. The van der Waals surface area contributed by atoms with Crippen LogP contribution in [0.2, 0.25) is 75.3 Å². The van der Waals surface area contributed by atoms with Crippen molar-refractivity contribution in [2.24, 2.45) is 0 Å². The second-order valence-corrected chi connectivity index (χ2v) is 11.9. The summed E-state index contributed by atoms with van der Waals surface area (Å²) in [6, 6.07) is 0. The zero-order valence-corrected chi connectivity index (χ0v) is 26.5. The quantitative estimate of drug-likeness (QED) is 0.108. The normalized spacial score (nSPS) is 11.4. The highest BCUT2D eigenvalue weighted by Crippen LogP contribution is 2.58. The fourth-order valence-electron chi connectivity index (χ4n) is 2.85. The van der Waals surface area contributed by atoms with Crippen molar-refractivity contribution in [2.75, 3.05) is 0 Å². The van der Waals surface area contributed by atoms with E-state index in [0.717, 1.165) is 0 Å². The third-order valence-electron chi connectivity index (χ3n) is 4.38. The molecule has 0 aliphatic carbocycles. The maximum Gasteiger partial charge on any atom is 0.116 e. The first kappa shape index (κ1) is 30.4. The fourth-order valence-corrected chi connectivity index (χ4v) is 6.83. The van der Waals surface area contributed by atoms with E-state index in [9.17, 15) is 0 Å². The summed E-state index contributed by atoms with van der Waals surface area (Å²) in [5, 5.41) is -2.25. The Labute approximate surface area is 268 Å². The third-order valence-corrected chi connectivity index (χ3v) is 11.2. The summed E-state index contributed by atoms with van der Waals surface area (Å²) in [5.41, 5.74) is -0.127. The van der Waals surface area contributed by atoms with Gasteiger partial charge in [-0.1, -0.05) is 104 Å². The molecule has 0 N–H and O–H groups in total. The predicted molar refractivity (Wildman–Crippen MR) is 155 cm³/mol. The van der Waals surface area contributed by atoms with Crippen LogP contribution in [0.5, 0.6) is 0 Å². The van der Waals surface area contributed by atoms with Gasteiger partial charge in [0.1, 0.15) is 60.3 Å². The molecule has 3 aromatic carbocycles. The molecule has 3 aromatic rings. The molecule has 0 aliphatic heterocycles. The Kier molecular flexibility index (Phi) is 10.3. The van der Waals surface area contributed by atoms with Crippen molar-refractivity contribution in [2.45, 2.75) is 0 Å². The Morgan fingerprint density at radius 2 is 0.324 bits per heavy atom. The number of halogens is 15. The highest BCUT2D eigenvalue weighted by atomic mass is 35.5. The van der Waals surface area contributed by atoms with Crippen LogP contribution in [0.3, 0.4) is 0 Å². The molecular weight excluding hydrogens is 760 g/mol. The zero-order valence-electron chi connectivity index (χ0n) is 15.2. The van der Waals surface area contributed by atoms with E-state index in [1.54, 1.807) is 0 Å². The molecule has 0 fully saturated rings. The van der Waals surface area contributed by atoms with E-state index in [-0.39, 0.29) is 97.9 Å². The molecule has 0 saturated carbocycles. The minimum atomic E-state index is -0.167. The average molecular weight is 760 g/mol. The minimum Gasteiger partial charge on any atom is -0.0798 e.